The molecular weight excluding hydrogens is 326 g/mol. The summed E-state index contributed by atoms with van der Waals surface area (Å²) in [5.41, 5.74) is 3.49. The molecule has 1 N–H and O–H groups in total. The van der Waals surface area contributed by atoms with Crippen molar-refractivity contribution >= 4 is 17.4 Å². The zero-order valence-electron chi connectivity index (χ0n) is 15.1. The second-order valence-electron chi connectivity index (χ2n) is 7.02. The normalized spacial score (nSPS) is 18.7. The molecule has 1 unspecified atom stereocenters. The maximum Gasteiger partial charge on any atom is 0.321 e. The first kappa shape index (κ1) is 16.8. The summed E-state index contributed by atoms with van der Waals surface area (Å²) in [5, 5.41) is 3.14. The number of benzene rings is 2. The van der Waals surface area contributed by atoms with Crippen LogP contribution in [0, 0.1) is 5.92 Å². The number of nitrogens with zero attached hydrogens (tertiary/aromatic N) is 2. The fourth-order valence-corrected chi connectivity index (χ4v) is 3.92. The number of carbonyl (C=O) groups is 1. The number of anilines is 2. The van der Waals surface area contributed by atoms with Crippen LogP contribution in [-0.2, 0) is 6.42 Å². The van der Waals surface area contributed by atoms with Crippen LogP contribution in [0.5, 0.6) is 5.75 Å². The van der Waals surface area contributed by atoms with E-state index in [-0.39, 0.29) is 6.03 Å². The van der Waals surface area contributed by atoms with Crippen molar-refractivity contribution in [3.63, 3.8) is 0 Å². The van der Waals surface area contributed by atoms with Crippen molar-refractivity contribution in [1.82, 2.24) is 5.32 Å². The van der Waals surface area contributed by atoms with Gasteiger partial charge in [0.05, 0.1) is 7.11 Å². The summed E-state index contributed by atoms with van der Waals surface area (Å²) < 4.78 is 5.32. The Hall–Kier alpha value is -2.69. The summed E-state index contributed by atoms with van der Waals surface area (Å²) in [6, 6.07) is 16.4. The van der Waals surface area contributed by atoms with Crippen molar-refractivity contribution in [3.05, 3.63) is 54.1 Å². The van der Waals surface area contributed by atoms with E-state index in [1.54, 1.807) is 7.11 Å². The highest BCUT2D eigenvalue weighted by Crippen LogP contribution is 2.28. The maximum atomic E-state index is 12.6. The van der Waals surface area contributed by atoms with Crippen molar-refractivity contribution in [2.45, 2.75) is 12.8 Å². The zero-order valence-corrected chi connectivity index (χ0v) is 15.1. The molecular formula is C21H25N3O2. The Kier molecular flexibility index (Phi) is 4.69. The van der Waals surface area contributed by atoms with Crippen LogP contribution in [0.4, 0.5) is 16.2 Å². The Morgan fingerprint density at radius 2 is 2.08 bits per heavy atom. The molecule has 2 aromatic rings. The van der Waals surface area contributed by atoms with Gasteiger partial charge in [-0.25, -0.2) is 4.79 Å². The van der Waals surface area contributed by atoms with Gasteiger partial charge in [0.15, 0.2) is 0 Å². The van der Waals surface area contributed by atoms with Crippen molar-refractivity contribution in [2.75, 3.05) is 43.1 Å². The molecule has 0 radical (unpaired) electrons. The number of urea groups is 1. The number of nitrogens with one attached hydrogen (secondary N) is 1. The third-order valence-electron chi connectivity index (χ3n) is 5.38. The Bertz CT molecular complexity index is 792. The first-order valence-corrected chi connectivity index (χ1v) is 9.27. The van der Waals surface area contributed by atoms with Gasteiger partial charge < -0.3 is 15.0 Å². The van der Waals surface area contributed by atoms with Crippen LogP contribution in [0.1, 0.15) is 12.0 Å². The molecule has 136 valence electrons. The molecule has 26 heavy (non-hydrogen) atoms. The number of ether oxygens (including phenoxy) is 1. The number of carbonyl (C=O) groups excluding carboxylic acids is 1. The highest BCUT2D eigenvalue weighted by Gasteiger charge is 2.27. The van der Waals surface area contributed by atoms with Crippen molar-refractivity contribution in [2.24, 2.45) is 5.92 Å². The van der Waals surface area contributed by atoms with Crippen LogP contribution in [-0.4, -0.2) is 39.3 Å². The van der Waals surface area contributed by atoms with Gasteiger partial charge >= 0.3 is 6.03 Å². The average Bonchev–Trinajstić information content (AvgIpc) is 3.33. The predicted octanol–water partition coefficient (Wildman–Crippen LogP) is 3.29. The van der Waals surface area contributed by atoms with Crippen LogP contribution in [0.3, 0.4) is 0 Å². The molecule has 4 rings (SSSR count). The first-order chi connectivity index (χ1) is 12.7. The van der Waals surface area contributed by atoms with E-state index >= 15 is 0 Å². The summed E-state index contributed by atoms with van der Waals surface area (Å²) in [4.78, 5) is 16.8. The van der Waals surface area contributed by atoms with E-state index in [1.165, 1.54) is 11.3 Å². The predicted molar refractivity (Wildman–Crippen MR) is 104 cm³/mol. The quantitative estimate of drug-likeness (QED) is 0.919. The monoisotopic (exact) mass is 351 g/mol. The zero-order chi connectivity index (χ0) is 17.9. The van der Waals surface area contributed by atoms with Crippen molar-refractivity contribution < 1.29 is 9.53 Å². The van der Waals surface area contributed by atoms with E-state index in [2.05, 4.69) is 28.4 Å². The van der Waals surface area contributed by atoms with E-state index in [9.17, 15) is 4.79 Å². The minimum absolute atomic E-state index is 0.0229. The third kappa shape index (κ3) is 3.34. The molecule has 1 atom stereocenters. The molecule has 0 spiro atoms. The molecule has 1 saturated heterocycles. The maximum absolute atomic E-state index is 12.6. The average molecular weight is 351 g/mol. The van der Waals surface area contributed by atoms with Gasteiger partial charge in [-0.05, 0) is 42.5 Å². The summed E-state index contributed by atoms with van der Waals surface area (Å²) in [5.74, 6) is 1.36. The van der Waals surface area contributed by atoms with Crippen LogP contribution in [0.25, 0.3) is 0 Å². The SMILES string of the molecule is COc1cccc(N2CCC(CNC(=O)N3CCc4ccccc43)C2)c1. The van der Waals surface area contributed by atoms with Crippen LogP contribution in [0.2, 0.25) is 0 Å². The summed E-state index contributed by atoms with van der Waals surface area (Å²) in [7, 11) is 1.69. The lowest BCUT2D eigenvalue weighted by molar-refractivity contribution is 0.245. The summed E-state index contributed by atoms with van der Waals surface area (Å²) >= 11 is 0. The Labute approximate surface area is 154 Å². The first-order valence-electron chi connectivity index (χ1n) is 9.27. The molecule has 2 aliphatic heterocycles. The Morgan fingerprint density at radius 3 is 2.96 bits per heavy atom. The fraction of sp³-hybridized carbons (Fsp3) is 0.381. The molecule has 0 aromatic heterocycles. The molecule has 2 aliphatic rings. The molecule has 0 saturated carbocycles. The molecule has 5 nitrogen and oxygen atoms in total. The lowest BCUT2D eigenvalue weighted by atomic mass is 10.1. The number of amides is 2. The van der Waals surface area contributed by atoms with E-state index in [0.29, 0.717) is 5.92 Å². The van der Waals surface area contributed by atoms with Crippen LogP contribution in [0.15, 0.2) is 48.5 Å². The second-order valence-corrected chi connectivity index (χ2v) is 7.02. The lowest BCUT2D eigenvalue weighted by Crippen LogP contribution is -2.41. The van der Waals surface area contributed by atoms with E-state index < -0.39 is 0 Å². The van der Waals surface area contributed by atoms with E-state index in [4.69, 9.17) is 4.74 Å². The number of rotatable bonds is 4. The van der Waals surface area contributed by atoms with Crippen molar-refractivity contribution in [1.29, 1.82) is 0 Å². The van der Waals surface area contributed by atoms with E-state index in [0.717, 1.165) is 50.5 Å². The molecule has 5 heteroatoms. The Balaban J connectivity index is 1.31. The van der Waals surface area contributed by atoms with Crippen LogP contribution >= 0.6 is 0 Å². The fourth-order valence-electron chi connectivity index (χ4n) is 3.92. The summed E-state index contributed by atoms with van der Waals surface area (Å²) in [6.07, 6.45) is 2.03. The smallest absolute Gasteiger partial charge is 0.321 e. The number of hydrogen-bond acceptors (Lipinski definition) is 3. The highest BCUT2D eigenvalue weighted by molar-refractivity contribution is 5.94. The molecule has 1 fully saturated rings. The van der Waals surface area contributed by atoms with Gasteiger partial charge in [0, 0.05) is 43.6 Å². The third-order valence-corrected chi connectivity index (χ3v) is 5.38. The minimum atomic E-state index is 0.0229. The standard InChI is InChI=1S/C21H25N3O2/c1-26-19-7-4-6-18(13-19)23-11-9-16(15-23)14-22-21(25)24-12-10-17-5-2-3-8-20(17)24/h2-8,13,16H,9-12,14-15H2,1H3,(H,22,25). The summed E-state index contributed by atoms with van der Waals surface area (Å²) in [6.45, 7) is 3.47. The minimum Gasteiger partial charge on any atom is -0.497 e. The number of methoxy groups -OCH3 is 1. The van der Waals surface area contributed by atoms with Crippen LogP contribution < -0.4 is 19.9 Å². The number of fused-ring (bicyclic) bond motifs is 1. The van der Waals surface area contributed by atoms with E-state index in [1.807, 2.05) is 35.2 Å². The second kappa shape index (κ2) is 7.28. The molecule has 0 bridgehead atoms. The largest absolute Gasteiger partial charge is 0.497 e. The van der Waals surface area contributed by atoms with Gasteiger partial charge in [0.1, 0.15) is 5.75 Å². The molecule has 0 aliphatic carbocycles. The lowest BCUT2D eigenvalue weighted by Gasteiger charge is -2.21. The van der Waals surface area contributed by atoms with Gasteiger partial charge in [0.25, 0.3) is 0 Å². The Morgan fingerprint density at radius 1 is 1.19 bits per heavy atom. The molecule has 2 aromatic carbocycles. The van der Waals surface area contributed by atoms with Gasteiger partial charge in [-0.3, -0.25) is 4.90 Å². The number of para-hydroxylation sites is 1. The molecule has 2 heterocycles. The van der Waals surface area contributed by atoms with Gasteiger partial charge in [0.2, 0.25) is 0 Å². The van der Waals surface area contributed by atoms with Gasteiger partial charge in [-0.15, -0.1) is 0 Å². The van der Waals surface area contributed by atoms with Crippen molar-refractivity contribution in [3.8, 4) is 5.75 Å². The number of hydrogen-bond donors (Lipinski definition) is 1. The highest BCUT2D eigenvalue weighted by atomic mass is 16.5. The molecule has 2 amide bonds. The van der Waals surface area contributed by atoms with Gasteiger partial charge in [-0.1, -0.05) is 24.3 Å². The topological polar surface area (TPSA) is 44.8 Å². The van der Waals surface area contributed by atoms with Gasteiger partial charge in [-0.2, -0.15) is 0 Å².